The van der Waals surface area contributed by atoms with Gasteiger partial charge in [0.1, 0.15) is 5.82 Å². The van der Waals surface area contributed by atoms with Gasteiger partial charge in [-0.05, 0) is 43.4 Å². The van der Waals surface area contributed by atoms with E-state index in [1.165, 1.54) is 5.56 Å². The Hall–Kier alpha value is -1.67. The largest absolute Gasteiger partial charge is 0.324 e. The van der Waals surface area contributed by atoms with Crippen molar-refractivity contribution in [2.75, 3.05) is 0 Å². The molecule has 1 atom stereocenters. The van der Waals surface area contributed by atoms with Crippen molar-refractivity contribution in [2.45, 2.75) is 32.2 Å². The lowest BCUT2D eigenvalue weighted by atomic mass is 9.98. The van der Waals surface area contributed by atoms with E-state index in [-0.39, 0.29) is 11.9 Å². The SMILES string of the molecule is Cc1ccc(C(N)CCCc2ccccc2)c(F)c1. The van der Waals surface area contributed by atoms with Crippen LogP contribution in [0.1, 0.15) is 35.6 Å². The van der Waals surface area contributed by atoms with E-state index in [4.69, 9.17) is 5.73 Å². The molecule has 0 heterocycles. The molecule has 0 amide bonds. The van der Waals surface area contributed by atoms with Gasteiger partial charge in [0.25, 0.3) is 0 Å². The quantitative estimate of drug-likeness (QED) is 0.855. The molecule has 0 saturated carbocycles. The summed E-state index contributed by atoms with van der Waals surface area (Å²) in [7, 11) is 0. The highest BCUT2D eigenvalue weighted by molar-refractivity contribution is 5.26. The zero-order valence-electron chi connectivity index (χ0n) is 11.3. The summed E-state index contributed by atoms with van der Waals surface area (Å²) >= 11 is 0. The number of hydrogen-bond acceptors (Lipinski definition) is 1. The molecule has 0 spiro atoms. The van der Waals surface area contributed by atoms with E-state index in [1.807, 2.05) is 31.2 Å². The van der Waals surface area contributed by atoms with Crippen LogP contribution in [0.2, 0.25) is 0 Å². The van der Waals surface area contributed by atoms with Crippen LogP contribution in [0.15, 0.2) is 48.5 Å². The summed E-state index contributed by atoms with van der Waals surface area (Å²) in [4.78, 5) is 0. The Morgan fingerprint density at radius 2 is 1.84 bits per heavy atom. The number of hydrogen-bond donors (Lipinski definition) is 1. The average molecular weight is 257 g/mol. The van der Waals surface area contributed by atoms with E-state index in [9.17, 15) is 4.39 Å². The van der Waals surface area contributed by atoms with Crippen molar-refractivity contribution in [3.63, 3.8) is 0 Å². The summed E-state index contributed by atoms with van der Waals surface area (Å²) in [5.74, 6) is -0.188. The van der Waals surface area contributed by atoms with Gasteiger partial charge in [-0.25, -0.2) is 4.39 Å². The van der Waals surface area contributed by atoms with Gasteiger partial charge in [0.05, 0.1) is 0 Å². The number of nitrogens with two attached hydrogens (primary N) is 1. The molecule has 0 bridgehead atoms. The van der Waals surface area contributed by atoms with Crippen molar-refractivity contribution in [3.05, 3.63) is 71.0 Å². The lowest BCUT2D eigenvalue weighted by Gasteiger charge is -2.13. The van der Waals surface area contributed by atoms with Crippen molar-refractivity contribution in [3.8, 4) is 0 Å². The third kappa shape index (κ3) is 3.90. The van der Waals surface area contributed by atoms with Gasteiger partial charge in [-0.2, -0.15) is 0 Å². The number of aryl methyl sites for hydroxylation is 2. The minimum Gasteiger partial charge on any atom is -0.324 e. The Kier molecular flexibility index (Phi) is 4.69. The molecule has 0 aliphatic carbocycles. The third-order valence-corrected chi connectivity index (χ3v) is 3.38. The zero-order valence-corrected chi connectivity index (χ0v) is 11.3. The maximum atomic E-state index is 13.8. The Morgan fingerprint density at radius 1 is 1.11 bits per heavy atom. The Labute approximate surface area is 114 Å². The monoisotopic (exact) mass is 257 g/mol. The first-order valence-electron chi connectivity index (χ1n) is 6.72. The lowest BCUT2D eigenvalue weighted by Crippen LogP contribution is -2.12. The first kappa shape index (κ1) is 13.8. The van der Waals surface area contributed by atoms with E-state index in [0.717, 1.165) is 24.8 Å². The fraction of sp³-hybridized carbons (Fsp3) is 0.294. The molecule has 2 N–H and O–H groups in total. The first-order valence-corrected chi connectivity index (χ1v) is 6.72. The van der Waals surface area contributed by atoms with Crippen LogP contribution in [0.5, 0.6) is 0 Å². The van der Waals surface area contributed by atoms with Crippen molar-refractivity contribution < 1.29 is 4.39 Å². The normalized spacial score (nSPS) is 12.4. The third-order valence-electron chi connectivity index (χ3n) is 3.38. The summed E-state index contributed by atoms with van der Waals surface area (Å²) in [6, 6.07) is 15.3. The Balaban J connectivity index is 1.89. The van der Waals surface area contributed by atoms with E-state index in [2.05, 4.69) is 12.1 Å². The highest BCUT2D eigenvalue weighted by Gasteiger charge is 2.11. The standard InChI is InChI=1S/C17H20FN/c1-13-10-11-15(16(18)12-13)17(19)9-5-8-14-6-3-2-4-7-14/h2-4,6-7,10-12,17H,5,8-9,19H2,1H3. The highest BCUT2D eigenvalue weighted by Crippen LogP contribution is 2.21. The van der Waals surface area contributed by atoms with Crippen LogP contribution < -0.4 is 5.73 Å². The molecule has 0 radical (unpaired) electrons. The van der Waals surface area contributed by atoms with Gasteiger partial charge in [0.2, 0.25) is 0 Å². The molecule has 100 valence electrons. The van der Waals surface area contributed by atoms with Crippen LogP contribution in [0.3, 0.4) is 0 Å². The maximum Gasteiger partial charge on any atom is 0.128 e. The highest BCUT2D eigenvalue weighted by atomic mass is 19.1. The van der Waals surface area contributed by atoms with Gasteiger partial charge in [0.15, 0.2) is 0 Å². The molecule has 19 heavy (non-hydrogen) atoms. The van der Waals surface area contributed by atoms with Crippen molar-refractivity contribution in [1.82, 2.24) is 0 Å². The van der Waals surface area contributed by atoms with Crippen LogP contribution in [0.4, 0.5) is 4.39 Å². The first-order chi connectivity index (χ1) is 9.16. The second kappa shape index (κ2) is 6.48. The number of rotatable bonds is 5. The molecule has 0 aliphatic rings. The summed E-state index contributed by atoms with van der Waals surface area (Å²) in [5.41, 5.74) is 8.93. The van der Waals surface area contributed by atoms with Crippen LogP contribution >= 0.6 is 0 Å². The molecule has 1 unspecified atom stereocenters. The zero-order chi connectivity index (χ0) is 13.7. The van der Waals surface area contributed by atoms with Gasteiger partial charge in [-0.3, -0.25) is 0 Å². The van der Waals surface area contributed by atoms with Crippen molar-refractivity contribution in [2.24, 2.45) is 5.73 Å². The van der Waals surface area contributed by atoms with Crippen molar-refractivity contribution in [1.29, 1.82) is 0 Å². The summed E-state index contributed by atoms with van der Waals surface area (Å²) < 4.78 is 13.8. The second-order valence-corrected chi connectivity index (χ2v) is 5.01. The van der Waals surface area contributed by atoms with Gasteiger partial charge < -0.3 is 5.73 Å². The van der Waals surface area contributed by atoms with Gasteiger partial charge in [0, 0.05) is 11.6 Å². The maximum absolute atomic E-state index is 13.8. The van der Waals surface area contributed by atoms with Crippen LogP contribution in [-0.2, 0) is 6.42 Å². The molecular formula is C17H20FN. The predicted octanol–water partition coefficient (Wildman–Crippen LogP) is 4.16. The average Bonchev–Trinajstić information content (AvgIpc) is 2.39. The smallest absolute Gasteiger partial charge is 0.128 e. The van der Waals surface area contributed by atoms with Crippen molar-refractivity contribution >= 4 is 0 Å². The Bertz CT molecular complexity index is 522. The minimum absolute atomic E-state index is 0.188. The van der Waals surface area contributed by atoms with Crippen LogP contribution in [-0.4, -0.2) is 0 Å². The summed E-state index contributed by atoms with van der Waals surface area (Å²) in [5, 5.41) is 0. The van der Waals surface area contributed by atoms with E-state index in [1.54, 1.807) is 12.1 Å². The topological polar surface area (TPSA) is 26.0 Å². The second-order valence-electron chi connectivity index (χ2n) is 5.01. The van der Waals surface area contributed by atoms with Gasteiger partial charge in [-0.15, -0.1) is 0 Å². The molecule has 0 fully saturated rings. The molecular weight excluding hydrogens is 237 g/mol. The predicted molar refractivity (Wildman–Crippen MR) is 77.4 cm³/mol. The fourth-order valence-electron chi connectivity index (χ4n) is 2.26. The molecule has 2 rings (SSSR count). The van der Waals surface area contributed by atoms with Crippen LogP contribution in [0.25, 0.3) is 0 Å². The minimum atomic E-state index is -0.218. The molecule has 0 aromatic heterocycles. The summed E-state index contributed by atoms with van der Waals surface area (Å²) in [6.45, 7) is 1.88. The molecule has 0 aliphatic heterocycles. The van der Waals surface area contributed by atoms with E-state index in [0.29, 0.717) is 5.56 Å². The van der Waals surface area contributed by atoms with Gasteiger partial charge >= 0.3 is 0 Å². The number of halogens is 1. The molecule has 1 nitrogen and oxygen atoms in total. The van der Waals surface area contributed by atoms with Gasteiger partial charge in [-0.1, -0.05) is 42.5 Å². The molecule has 2 aromatic rings. The molecule has 0 saturated heterocycles. The lowest BCUT2D eigenvalue weighted by molar-refractivity contribution is 0.550. The Morgan fingerprint density at radius 3 is 2.53 bits per heavy atom. The fourth-order valence-corrected chi connectivity index (χ4v) is 2.26. The van der Waals surface area contributed by atoms with E-state index >= 15 is 0 Å². The van der Waals surface area contributed by atoms with E-state index < -0.39 is 0 Å². The number of benzene rings is 2. The molecule has 2 heteroatoms. The molecule has 2 aromatic carbocycles. The van der Waals surface area contributed by atoms with Crippen LogP contribution in [0, 0.1) is 12.7 Å². The summed E-state index contributed by atoms with van der Waals surface area (Å²) in [6.07, 6.45) is 2.76.